The van der Waals surface area contributed by atoms with Gasteiger partial charge in [0.15, 0.2) is 0 Å². The minimum atomic E-state index is -0.512. The number of rotatable bonds is 4. The summed E-state index contributed by atoms with van der Waals surface area (Å²) in [6.07, 6.45) is 0. The highest BCUT2D eigenvalue weighted by Crippen LogP contribution is 2.25. The second-order valence-corrected chi connectivity index (χ2v) is 4.11. The van der Waals surface area contributed by atoms with Crippen LogP contribution in [0, 0.1) is 5.82 Å². The number of hydrogen-bond acceptors (Lipinski definition) is 3. The van der Waals surface area contributed by atoms with E-state index in [4.69, 9.17) is 10.5 Å². The first-order chi connectivity index (χ1) is 9.61. The summed E-state index contributed by atoms with van der Waals surface area (Å²) in [7, 11) is 0. The zero-order valence-electron chi connectivity index (χ0n) is 11.0. The second kappa shape index (κ2) is 6.06. The number of carbonyl (C=O) groups is 1. The standard InChI is InChI=1S/C15H15FN2O2/c1-2-20-14-6-4-3-5-13(14)18-15(19)11-9-10(16)7-8-12(11)17/h3-9H,2,17H2,1H3,(H,18,19). The third kappa shape index (κ3) is 3.06. The monoisotopic (exact) mass is 274 g/mol. The molecule has 0 unspecified atom stereocenters. The lowest BCUT2D eigenvalue weighted by Crippen LogP contribution is -2.15. The maximum absolute atomic E-state index is 13.2. The van der Waals surface area contributed by atoms with Gasteiger partial charge in [0.1, 0.15) is 11.6 Å². The number of nitrogens with one attached hydrogen (secondary N) is 1. The van der Waals surface area contributed by atoms with Gasteiger partial charge < -0.3 is 15.8 Å². The van der Waals surface area contributed by atoms with Gasteiger partial charge in [-0.15, -0.1) is 0 Å². The average Bonchev–Trinajstić information content (AvgIpc) is 2.44. The Hall–Kier alpha value is -2.56. The first kappa shape index (κ1) is 13.9. The normalized spacial score (nSPS) is 10.1. The number of para-hydroxylation sites is 2. The molecule has 0 aliphatic carbocycles. The van der Waals surface area contributed by atoms with Crippen LogP contribution in [0.5, 0.6) is 5.75 Å². The van der Waals surface area contributed by atoms with Crippen molar-refractivity contribution in [3.05, 3.63) is 53.8 Å². The molecule has 0 aromatic heterocycles. The van der Waals surface area contributed by atoms with Gasteiger partial charge in [0, 0.05) is 5.69 Å². The molecule has 104 valence electrons. The van der Waals surface area contributed by atoms with Crippen molar-refractivity contribution in [1.82, 2.24) is 0 Å². The van der Waals surface area contributed by atoms with Crippen LogP contribution in [-0.4, -0.2) is 12.5 Å². The Balaban J connectivity index is 2.26. The Kier molecular flexibility index (Phi) is 4.20. The highest BCUT2D eigenvalue weighted by molar-refractivity contribution is 6.08. The summed E-state index contributed by atoms with van der Waals surface area (Å²) in [6, 6.07) is 10.7. The van der Waals surface area contributed by atoms with Crippen LogP contribution < -0.4 is 15.8 Å². The Morgan fingerprint density at radius 1 is 1.30 bits per heavy atom. The van der Waals surface area contributed by atoms with Crippen molar-refractivity contribution in [3.63, 3.8) is 0 Å². The van der Waals surface area contributed by atoms with Crippen molar-refractivity contribution in [1.29, 1.82) is 0 Å². The van der Waals surface area contributed by atoms with Gasteiger partial charge >= 0.3 is 0 Å². The molecule has 0 spiro atoms. The van der Waals surface area contributed by atoms with Gasteiger partial charge in [-0.1, -0.05) is 12.1 Å². The number of benzene rings is 2. The second-order valence-electron chi connectivity index (χ2n) is 4.11. The number of anilines is 2. The lowest BCUT2D eigenvalue weighted by Gasteiger charge is -2.12. The molecule has 0 saturated heterocycles. The van der Waals surface area contributed by atoms with Crippen molar-refractivity contribution in [2.75, 3.05) is 17.7 Å². The number of ether oxygens (including phenoxy) is 1. The summed E-state index contributed by atoms with van der Waals surface area (Å²) >= 11 is 0. The topological polar surface area (TPSA) is 64.3 Å². The summed E-state index contributed by atoms with van der Waals surface area (Å²) in [4.78, 5) is 12.1. The van der Waals surface area contributed by atoms with E-state index in [2.05, 4.69) is 5.32 Å². The summed E-state index contributed by atoms with van der Waals surface area (Å²) in [5.41, 5.74) is 6.51. The fourth-order valence-electron chi connectivity index (χ4n) is 1.77. The molecule has 1 amide bonds. The van der Waals surface area contributed by atoms with E-state index in [1.807, 2.05) is 6.92 Å². The number of carbonyl (C=O) groups excluding carboxylic acids is 1. The van der Waals surface area contributed by atoms with Crippen LogP contribution in [0.1, 0.15) is 17.3 Å². The van der Waals surface area contributed by atoms with E-state index in [1.165, 1.54) is 12.1 Å². The van der Waals surface area contributed by atoms with Gasteiger partial charge in [-0.25, -0.2) is 4.39 Å². The zero-order valence-corrected chi connectivity index (χ0v) is 11.0. The van der Waals surface area contributed by atoms with Gasteiger partial charge in [-0.05, 0) is 37.3 Å². The number of amides is 1. The average molecular weight is 274 g/mol. The first-order valence-electron chi connectivity index (χ1n) is 6.20. The largest absolute Gasteiger partial charge is 0.492 e. The van der Waals surface area contributed by atoms with Crippen LogP contribution in [0.15, 0.2) is 42.5 Å². The van der Waals surface area contributed by atoms with E-state index in [0.717, 1.165) is 6.07 Å². The van der Waals surface area contributed by atoms with Crippen LogP contribution in [0.25, 0.3) is 0 Å². The molecule has 0 radical (unpaired) electrons. The van der Waals surface area contributed by atoms with Crippen LogP contribution >= 0.6 is 0 Å². The molecule has 0 atom stereocenters. The molecular weight excluding hydrogens is 259 g/mol. The van der Waals surface area contributed by atoms with Crippen molar-refractivity contribution in [2.45, 2.75) is 6.92 Å². The molecule has 2 rings (SSSR count). The predicted molar refractivity (Wildman–Crippen MR) is 76.4 cm³/mol. The lowest BCUT2D eigenvalue weighted by atomic mass is 10.1. The Morgan fingerprint density at radius 2 is 2.05 bits per heavy atom. The molecule has 4 nitrogen and oxygen atoms in total. The molecule has 0 bridgehead atoms. The molecule has 0 aliphatic rings. The van der Waals surface area contributed by atoms with Crippen LogP contribution in [0.3, 0.4) is 0 Å². The van der Waals surface area contributed by atoms with Crippen molar-refractivity contribution in [3.8, 4) is 5.75 Å². The van der Waals surface area contributed by atoms with Crippen molar-refractivity contribution >= 4 is 17.3 Å². The van der Waals surface area contributed by atoms with E-state index >= 15 is 0 Å². The highest BCUT2D eigenvalue weighted by Gasteiger charge is 2.13. The van der Waals surface area contributed by atoms with Gasteiger partial charge in [0.05, 0.1) is 17.9 Å². The SMILES string of the molecule is CCOc1ccccc1NC(=O)c1cc(F)ccc1N. The highest BCUT2D eigenvalue weighted by atomic mass is 19.1. The molecule has 0 aliphatic heterocycles. The lowest BCUT2D eigenvalue weighted by molar-refractivity contribution is 0.102. The Labute approximate surface area is 116 Å². The van der Waals surface area contributed by atoms with E-state index in [-0.39, 0.29) is 11.3 Å². The van der Waals surface area contributed by atoms with E-state index in [9.17, 15) is 9.18 Å². The smallest absolute Gasteiger partial charge is 0.257 e. The molecule has 20 heavy (non-hydrogen) atoms. The molecule has 0 fully saturated rings. The number of nitrogens with two attached hydrogens (primary N) is 1. The number of nitrogen functional groups attached to an aromatic ring is 1. The third-order valence-corrected chi connectivity index (χ3v) is 2.70. The molecule has 3 N–H and O–H groups in total. The molecule has 0 saturated carbocycles. The molecule has 2 aromatic carbocycles. The molecule has 5 heteroatoms. The fraction of sp³-hybridized carbons (Fsp3) is 0.133. The summed E-state index contributed by atoms with van der Waals surface area (Å²) < 4.78 is 18.6. The van der Waals surface area contributed by atoms with Gasteiger partial charge in [0.2, 0.25) is 0 Å². The maximum atomic E-state index is 13.2. The molecular formula is C15H15FN2O2. The number of halogens is 1. The summed E-state index contributed by atoms with van der Waals surface area (Å²) in [5.74, 6) is -0.435. The van der Waals surface area contributed by atoms with Crippen LogP contribution in [0.2, 0.25) is 0 Å². The Bertz CT molecular complexity index is 629. The van der Waals surface area contributed by atoms with E-state index in [1.54, 1.807) is 24.3 Å². The molecule has 2 aromatic rings. The van der Waals surface area contributed by atoms with Crippen molar-refractivity contribution < 1.29 is 13.9 Å². The third-order valence-electron chi connectivity index (χ3n) is 2.70. The van der Waals surface area contributed by atoms with Gasteiger partial charge in [-0.3, -0.25) is 4.79 Å². The van der Waals surface area contributed by atoms with Crippen molar-refractivity contribution in [2.24, 2.45) is 0 Å². The van der Waals surface area contributed by atoms with E-state index < -0.39 is 11.7 Å². The minimum absolute atomic E-state index is 0.0938. The predicted octanol–water partition coefficient (Wildman–Crippen LogP) is 3.06. The summed E-state index contributed by atoms with van der Waals surface area (Å²) in [5, 5.41) is 2.67. The number of hydrogen-bond donors (Lipinski definition) is 2. The maximum Gasteiger partial charge on any atom is 0.257 e. The molecule has 0 heterocycles. The van der Waals surface area contributed by atoms with Crippen LogP contribution in [-0.2, 0) is 0 Å². The summed E-state index contributed by atoms with van der Waals surface area (Å²) in [6.45, 7) is 2.33. The first-order valence-corrected chi connectivity index (χ1v) is 6.20. The Morgan fingerprint density at radius 3 is 2.80 bits per heavy atom. The fourth-order valence-corrected chi connectivity index (χ4v) is 1.77. The van der Waals surface area contributed by atoms with Gasteiger partial charge in [-0.2, -0.15) is 0 Å². The van der Waals surface area contributed by atoms with Crippen LogP contribution in [0.4, 0.5) is 15.8 Å². The van der Waals surface area contributed by atoms with E-state index in [0.29, 0.717) is 18.0 Å². The van der Waals surface area contributed by atoms with Gasteiger partial charge in [0.25, 0.3) is 5.91 Å². The zero-order chi connectivity index (χ0) is 14.5. The quantitative estimate of drug-likeness (QED) is 0.842. The minimum Gasteiger partial charge on any atom is -0.492 e.